The van der Waals surface area contributed by atoms with Gasteiger partial charge in [0.25, 0.3) is 5.91 Å². The lowest BCUT2D eigenvalue weighted by molar-refractivity contribution is -0.127. The average Bonchev–Trinajstić information content (AvgIpc) is 3.02. The fourth-order valence-electron chi connectivity index (χ4n) is 3.30. The van der Waals surface area contributed by atoms with E-state index in [1.807, 2.05) is 23.2 Å². The summed E-state index contributed by atoms with van der Waals surface area (Å²) < 4.78 is 0. The number of H-pyrrole nitrogens is 1. The number of benzene rings is 1. The van der Waals surface area contributed by atoms with Crippen LogP contribution in [0.15, 0.2) is 37.1 Å². The third-order valence-corrected chi connectivity index (χ3v) is 4.37. The van der Waals surface area contributed by atoms with Crippen molar-refractivity contribution in [1.29, 1.82) is 0 Å². The highest BCUT2D eigenvalue weighted by atomic mass is 16.2. The van der Waals surface area contributed by atoms with Crippen molar-refractivity contribution in [3.05, 3.63) is 48.2 Å². The van der Waals surface area contributed by atoms with Crippen LogP contribution in [0.5, 0.6) is 0 Å². The van der Waals surface area contributed by atoms with Crippen molar-refractivity contribution in [1.82, 2.24) is 9.88 Å². The SMILES string of the molecule is C=CC(=O)N1CCC[C@H](c2ccc(C(N)=O)c3[nH]ccc23)C1. The molecular formula is C17H19N3O2. The maximum atomic E-state index is 11.8. The van der Waals surface area contributed by atoms with Crippen LogP contribution in [0, 0.1) is 0 Å². The van der Waals surface area contributed by atoms with E-state index < -0.39 is 5.91 Å². The minimum atomic E-state index is -0.439. The number of aromatic amines is 1. The Morgan fingerprint density at radius 1 is 1.36 bits per heavy atom. The number of primary amides is 1. The smallest absolute Gasteiger partial charge is 0.250 e. The first-order chi connectivity index (χ1) is 10.6. The number of hydrogen-bond donors (Lipinski definition) is 2. The molecule has 2 heterocycles. The largest absolute Gasteiger partial charge is 0.366 e. The molecule has 5 nitrogen and oxygen atoms in total. The van der Waals surface area contributed by atoms with E-state index in [9.17, 15) is 9.59 Å². The number of nitrogens with zero attached hydrogens (tertiary/aromatic N) is 1. The van der Waals surface area contributed by atoms with E-state index in [0.717, 1.165) is 35.9 Å². The molecule has 5 heteroatoms. The van der Waals surface area contributed by atoms with E-state index >= 15 is 0 Å². The van der Waals surface area contributed by atoms with Gasteiger partial charge in [0.1, 0.15) is 0 Å². The van der Waals surface area contributed by atoms with E-state index in [2.05, 4.69) is 11.6 Å². The number of amides is 2. The lowest BCUT2D eigenvalue weighted by Gasteiger charge is -2.32. The van der Waals surface area contributed by atoms with Gasteiger partial charge in [-0.3, -0.25) is 9.59 Å². The minimum absolute atomic E-state index is 0.0243. The summed E-state index contributed by atoms with van der Waals surface area (Å²) in [6.45, 7) is 5.02. The molecule has 3 rings (SSSR count). The molecule has 2 aromatic rings. The minimum Gasteiger partial charge on any atom is -0.366 e. The Labute approximate surface area is 128 Å². The fourth-order valence-corrected chi connectivity index (χ4v) is 3.30. The van der Waals surface area contributed by atoms with Crippen LogP contribution in [0.2, 0.25) is 0 Å². The Morgan fingerprint density at radius 2 is 2.18 bits per heavy atom. The number of nitrogens with one attached hydrogen (secondary N) is 1. The molecule has 114 valence electrons. The van der Waals surface area contributed by atoms with Crippen molar-refractivity contribution >= 4 is 22.7 Å². The molecule has 2 amide bonds. The summed E-state index contributed by atoms with van der Waals surface area (Å²) in [5.74, 6) is -0.201. The Balaban J connectivity index is 1.98. The van der Waals surface area contributed by atoms with Crippen LogP contribution in [-0.2, 0) is 4.79 Å². The second kappa shape index (κ2) is 5.67. The zero-order valence-corrected chi connectivity index (χ0v) is 12.3. The molecule has 0 saturated carbocycles. The quantitative estimate of drug-likeness (QED) is 0.851. The summed E-state index contributed by atoms with van der Waals surface area (Å²) in [6, 6.07) is 5.69. The highest BCUT2D eigenvalue weighted by Crippen LogP contribution is 2.33. The standard InChI is InChI=1S/C17H19N3O2/c1-2-15(21)20-9-3-4-11(10-20)12-5-6-14(17(18)22)16-13(12)7-8-19-16/h2,5-8,11,19H,1,3-4,9-10H2,(H2,18,22)/t11-/m0/s1. The summed E-state index contributed by atoms with van der Waals surface area (Å²) >= 11 is 0. The molecule has 1 aromatic heterocycles. The molecule has 0 spiro atoms. The van der Waals surface area contributed by atoms with Crippen molar-refractivity contribution in [3.63, 3.8) is 0 Å². The van der Waals surface area contributed by atoms with Gasteiger partial charge in [-0.25, -0.2) is 0 Å². The summed E-state index contributed by atoms with van der Waals surface area (Å²) in [5.41, 5.74) is 7.85. The van der Waals surface area contributed by atoms with E-state index in [4.69, 9.17) is 5.73 Å². The molecule has 0 bridgehead atoms. The maximum Gasteiger partial charge on any atom is 0.250 e. The van der Waals surface area contributed by atoms with Gasteiger partial charge in [0, 0.05) is 30.6 Å². The van der Waals surface area contributed by atoms with Crippen LogP contribution >= 0.6 is 0 Å². The number of carbonyl (C=O) groups is 2. The molecule has 0 aliphatic carbocycles. The van der Waals surface area contributed by atoms with Gasteiger partial charge in [-0.2, -0.15) is 0 Å². The number of aromatic nitrogens is 1. The number of hydrogen-bond acceptors (Lipinski definition) is 2. The van der Waals surface area contributed by atoms with Gasteiger partial charge in [-0.1, -0.05) is 12.6 Å². The average molecular weight is 297 g/mol. The number of fused-ring (bicyclic) bond motifs is 1. The molecular weight excluding hydrogens is 278 g/mol. The predicted molar refractivity (Wildman–Crippen MR) is 85.6 cm³/mol. The number of rotatable bonds is 3. The first-order valence-electron chi connectivity index (χ1n) is 7.43. The van der Waals surface area contributed by atoms with Crippen LogP contribution in [-0.4, -0.2) is 34.8 Å². The lowest BCUT2D eigenvalue weighted by atomic mass is 9.87. The van der Waals surface area contributed by atoms with Crippen LogP contribution < -0.4 is 5.73 Å². The molecule has 1 saturated heterocycles. The molecule has 1 aliphatic rings. The molecule has 1 atom stereocenters. The van der Waals surface area contributed by atoms with E-state index in [1.54, 1.807) is 6.07 Å². The Kier molecular flexibility index (Phi) is 3.71. The van der Waals surface area contributed by atoms with Crippen LogP contribution in [0.4, 0.5) is 0 Å². The third kappa shape index (κ3) is 2.39. The van der Waals surface area contributed by atoms with Crippen molar-refractivity contribution in [2.75, 3.05) is 13.1 Å². The van der Waals surface area contributed by atoms with Gasteiger partial charge in [-0.05, 0) is 36.6 Å². The summed E-state index contributed by atoms with van der Waals surface area (Å²) in [4.78, 5) is 28.3. The zero-order valence-electron chi connectivity index (χ0n) is 12.3. The highest BCUT2D eigenvalue weighted by Gasteiger charge is 2.25. The predicted octanol–water partition coefficient (Wildman–Crippen LogP) is 2.16. The van der Waals surface area contributed by atoms with E-state index in [1.165, 1.54) is 6.08 Å². The van der Waals surface area contributed by atoms with E-state index in [-0.39, 0.29) is 11.8 Å². The zero-order chi connectivity index (χ0) is 15.7. The third-order valence-electron chi connectivity index (χ3n) is 4.37. The molecule has 3 N–H and O–H groups in total. The van der Waals surface area contributed by atoms with Crippen LogP contribution in [0.3, 0.4) is 0 Å². The van der Waals surface area contributed by atoms with Gasteiger partial charge in [0.05, 0.1) is 11.1 Å². The van der Waals surface area contributed by atoms with Crippen molar-refractivity contribution < 1.29 is 9.59 Å². The van der Waals surface area contributed by atoms with Crippen molar-refractivity contribution in [2.45, 2.75) is 18.8 Å². The van der Waals surface area contributed by atoms with Gasteiger partial charge in [0.15, 0.2) is 0 Å². The number of carbonyl (C=O) groups excluding carboxylic acids is 2. The monoisotopic (exact) mass is 297 g/mol. The van der Waals surface area contributed by atoms with Crippen LogP contribution in [0.1, 0.15) is 34.7 Å². The molecule has 0 unspecified atom stereocenters. The molecule has 22 heavy (non-hydrogen) atoms. The first kappa shape index (κ1) is 14.4. The second-order valence-corrected chi connectivity index (χ2v) is 5.66. The second-order valence-electron chi connectivity index (χ2n) is 5.66. The number of likely N-dealkylation sites (tertiary alicyclic amines) is 1. The van der Waals surface area contributed by atoms with E-state index in [0.29, 0.717) is 12.1 Å². The summed E-state index contributed by atoms with van der Waals surface area (Å²) in [5, 5.41) is 1.01. The van der Waals surface area contributed by atoms with Crippen LogP contribution in [0.25, 0.3) is 10.9 Å². The van der Waals surface area contributed by atoms with Gasteiger partial charge in [0.2, 0.25) is 5.91 Å². The molecule has 1 aromatic carbocycles. The Hall–Kier alpha value is -2.56. The van der Waals surface area contributed by atoms with Crippen molar-refractivity contribution in [2.24, 2.45) is 5.73 Å². The summed E-state index contributed by atoms with van der Waals surface area (Å²) in [6.07, 6.45) is 5.17. The maximum absolute atomic E-state index is 11.8. The van der Waals surface area contributed by atoms with Crippen molar-refractivity contribution in [3.8, 4) is 0 Å². The molecule has 1 aliphatic heterocycles. The highest BCUT2D eigenvalue weighted by molar-refractivity contribution is 6.05. The van der Waals surface area contributed by atoms with Gasteiger partial charge < -0.3 is 15.6 Å². The van der Waals surface area contributed by atoms with Gasteiger partial charge >= 0.3 is 0 Å². The topological polar surface area (TPSA) is 79.2 Å². The fraction of sp³-hybridized carbons (Fsp3) is 0.294. The lowest BCUT2D eigenvalue weighted by Crippen LogP contribution is -2.38. The first-order valence-corrected chi connectivity index (χ1v) is 7.43. The molecule has 1 fully saturated rings. The van der Waals surface area contributed by atoms with Gasteiger partial charge in [-0.15, -0.1) is 0 Å². The summed E-state index contributed by atoms with van der Waals surface area (Å²) in [7, 11) is 0. The normalized spacial score (nSPS) is 18.4. The number of nitrogens with two attached hydrogens (primary N) is 1. The molecule has 0 radical (unpaired) electrons. The Bertz CT molecular complexity index is 747. The number of piperidine rings is 1. The Morgan fingerprint density at radius 3 is 2.91 bits per heavy atom.